The highest BCUT2D eigenvalue weighted by Crippen LogP contribution is 2.19. The fraction of sp³-hybridized carbons (Fsp3) is 0.235. The highest BCUT2D eigenvalue weighted by molar-refractivity contribution is 5.77. The van der Waals surface area contributed by atoms with Crippen LogP contribution in [0, 0.1) is 15.9 Å². The van der Waals surface area contributed by atoms with E-state index in [0.717, 1.165) is 0 Å². The minimum Gasteiger partial charge on any atom is -0.494 e. The first-order valence-corrected chi connectivity index (χ1v) is 7.34. The van der Waals surface area contributed by atoms with Crippen molar-refractivity contribution < 1.29 is 23.6 Å². The van der Waals surface area contributed by atoms with Crippen LogP contribution in [0.2, 0.25) is 0 Å². The van der Waals surface area contributed by atoms with Crippen molar-refractivity contribution in [3.05, 3.63) is 64.0 Å². The van der Waals surface area contributed by atoms with E-state index in [1.165, 1.54) is 48.4 Å². The molecule has 2 rings (SSSR count). The lowest BCUT2D eigenvalue weighted by Crippen LogP contribution is -2.31. The molecule has 0 unspecified atom stereocenters. The quantitative estimate of drug-likeness (QED) is 0.568. The zero-order valence-corrected chi connectivity index (χ0v) is 13.8. The van der Waals surface area contributed by atoms with E-state index >= 15 is 0 Å². The molecule has 0 aromatic heterocycles. The third kappa shape index (κ3) is 4.90. The summed E-state index contributed by atoms with van der Waals surface area (Å²) < 4.78 is 23.8. The minimum absolute atomic E-state index is 0.0580. The van der Waals surface area contributed by atoms with E-state index in [4.69, 9.17) is 9.47 Å². The molecule has 0 saturated carbocycles. The molecule has 1 amide bonds. The number of rotatable bonds is 7. The van der Waals surface area contributed by atoms with Crippen molar-refractivity contribution in [3.63, 3.8) is 0 Å². The van der Waals surface area contributed by atoms with Gasteiger partial charge in [-0.15, -0.1) is 0 Å². The van der Waals surface area contributed by atoms with Gasteiger partial charge >= 0.3 is 0 Å². The van der Waals surface area contributed by atoms with Gasteiger partial charge in [0.1, 0.15) is 5.75 Å². The summed E-state index contributed by atoms with van der Waals surface area (Å²) in [5.41, 5.74) is 0.557. The molecule has 0 heterocycles. The first-order valence-electron chi connectivity index (χ1n) is 7.34. The Labute approximate surface area is 143 Å². The maximum absolute atomic E-state index is 13.7. The van der Waals surface area contributed by atoms with Crippen LogP contribution in [0.1, 0.15) is 5.56 Å². The van der Waals surface area contributed by atoms with Crippen LogP contribution in [0.4, 0.5) is 10.1 Å². The normalized spacial score (nSPS) is 10.2. The summed E-state index contributed by atoms with van der Waals surface area (Å²) in [6, 6.07) is 9.90. The Balaban J connectivity index is 1.89. The molecule has 0 spiro atoms. The Kier molecular flexibility index (Phi) is 5.89. The second kappa shape index (κ2) is 8.09. The summed E-state index contributed by atoms with van der Waals surface area (Å²) in [6.07, 6.45) is 0. The fourth-order valence-electron chi connectivity index (χ4n) is 2.09. The fourth-order valence-corrected chi connectivity index (χ4v) is 2.09. The molecule has 8 heteroatoms. The van der Waals surface area contributed by atoms with Gasteiger partial charge < -0.3 is 14.4 Å². The molecular weight excluding hydrogens is 331 g/mol. The Bertz CT molecular complexity index is 764. The molecule has 2 aromatic carbocycles. The van der Waals surface area contributed by atoms with Crippen molar-refractivity contribution in [2.24, 2.45) is 0 Å². The van der Waals surface area contributed by atoms with Crippen LogP contribution in [-0.2, 0) is 11.3 Å². The molecule has 0 radical (unpaired) electrons. The van der Waals surface area contributed by atoms with Gasteiger partial charge in [0, 0.05) is 25.7 Å². The number of nitro groups is 1. The number of methoxy groups -OCH3 is 1. The highest BCUT2D eigenvalue weighted by atomic mass is 19.1. The third-order valence-electron chi connectivity index (χ3n) is 3.47. The zero-order valence-electron chi connectivity index (χ0n) is 13.8. The standard InChI is InChI=1S/C17H17FN2O5/c1-19(10-12-3-8-16(24-2)15(18)9-12)17(21)11-25-14-6-4-13(5-7-14)20(22)23/h3-9H,10-11H2,1-2H3. The molecule has 132 valence electrons. The van der Waals surface area contributed by atoms with Gasteiger partial charge in [0.25, 0.3) is 11.6 Å². The molecular formula is C17H17FN2O5. The number of halogens is 1. The van der Waals surface area contributed by atoms with Crippen LogP contribution < -0.4 is 9.47 Å². The number of ether oxygens (including phenoxy) is 2. The van der Waals surface area contributed by atoms with Gasteiger partial charge in [0.15, 0.2) is 18.2 Å². The number of non-ortho nitro benzene ring substituents is 1. The smallest absolute Gasteiger partial charge is 0.269 e. The molecule has 0 aliphatic rings. The predicted octanol–water partition coefficient (Wildman–Crippen LogP) is 2.78. The van der Waals surface area contributed by atoms with Crippen molar-refractivity contribution in [2.75, 3.05) is 20.8 Å². The number of nitrogens with zero attached hydrogens (tertiary/aromatic N) is 2. The molecule has 0 saturated heterocycles. The van der Waals surface area contributed by atoms with E-state index in [-0.39, 0.29) is 30.5 Å². The van der Waals surface area contributed by atoms with E-state index in [9.17, 15) is 19.3 Å². The third-order valence-corrected chi connectivity index (χ3v) is 3.47. The lowest BCUT2D eigenvalue weighted by Gasteiger charge is -2.18. The first kappa shape index (κ1) is 18.2. The summed E-state index contributed by atoms with van der Waals surface area (Å²) in [5, 5.41) is 10.6. The second-order valence-electron chi connectivity index (χ2n) is 5.26. The first-order chi connectivity index (χ1) is 11.9. The van der Waals surface area contributed by atoms with E-state index in [0.29, 0.717) is 11.3 Å². The maximum Gasteiger partial charge on any atom is 0.269 e. The average Bonchev–Trinajstić information content (AvgIpc) is 2.60. The van der Waals surface area contributed by atoms with Gasteiger partial charge in [-0.25, -0.2) is 4.39 Å². The second-order valence-corrected chi connectivity index (χ2v) is 5.26. The number of carbonyl (C=O) groups is 1. The molecule has 0 fully saturated rings. The maximum atomic E-state index is 13.7. The van der Waals surface area contributed by atoms with Crippen LogP contribution in [0.5, 0.6) is 11.5 Å². The summed E-state index contributed by atoms with van der Waals surface area (Å²) in [7, 11) is 2.95. The van der Waals surface area contributed by atoms with Gasteiger partial charge in [-0.1, -0.05) is 6.07 Å². The van der Waals surface area contributed by atoms with Crippen molar-refractivity contribution in [3.8, 4) is 11.5 Å². The van der Waals surface area contributed by atoms with Crippen LogP contribution in [0.15, 0.2) is 42.5 Å². The summed E-state index contributed by atoms with van der Waals surface area (Å²) in [5.74, 6) is -0.320. The van der Waals surface area contributed by atoms with E-state index in [1.807, 2.05) is 0 Å². The van der Waals surface area contributed by atoms with E-state index in [1.54, 1.807) is 13.1 Å². The van der Waals surface area contributed by atoms with Gasteiger partial charge in [0.2, 0.25) is 0 Å². The number of amides is 1. The van der Waals surface area contributed by atoms with Gasteiger partial charge in [-0.2, -0.15) is 0 Å². The van der Waals surface area contributed by atoms with Crippen molar-refractivity contribution in [2.45, 2.75) is 6.54 Å². The van der Waals surface area contributed by atoms with E-state index in [2.05, 4.69) is 0 Å². The number of hydrogen-bond acceptors (Lipinski definition) is 5. The van der Waals surface area contributed by atoms with Crippen LogP contribution in [0.25, 0.3) is 0 Å². The molecule has 2 aromatic rings. The van der Waals surface area contributed by atoms with Crippen molar-refractivity contribution >= 4 is 11.6 Å². The highest BCUT2D eigenvalue weighted by Gasteiger charge is 2.12. The molecule has 0 bridgehead atoms. The van der Waals surface area contributed by atoms with Crippen LogP contribution in [-0.4, -0.2) is 36.5 Å². The van der Waals surface area contributed by atoms with Gasteiger partial charge in [-0.05, 0) is 29.8 Å². The average molecular weight is 348 g/mol. The number of benzene rings is 2. The Morgan fingerprint density at radius 2 is 1.92 bits per heavy atom. The monoisotopic (exact) mass is 348 g/mol. The van der Waals surface area contributed by atoms with Crippen LogP contribution >= 0.6 is 0 Å². The summed E-state index contributed by atoms with van der Waals surface area (Å²) >= 11 is 0. The Morgan fingerprint density at radius 3 is 2.48 bits per heavy atom. The summed E-state index contributed by atoms with van der Waals surface area (Å²) in [4.78, 5) is 23.5. The number of likely N-dealkylation sites (N-methyl/N-ethyl adjacent to an activating group) is 1. The Morgan fingerprint density at radius 1 is 1.24 bits per heavy atom. The molecule has 25 heavy (non-hydrogen) atoms. The lowest BCUT2D eigenvalue weighted by molar-refractivity contribution is -0.384. The van der Waals surface area contributed by atoms with Crippen molar-refractivity contribution in [1.29, 1.82) is 0 Å². The summed E-state index contributed by atoms with van der Waals surface area (Å²) in [6.45, 7) is -0.0175. The molecule has 0 aliphatic carbocycles. The molecule has 7 nitrogen and oxygen atoms in total. The number of nitro benzene ring substituents is 1. The largest absolute Gasteiger partial charge is 0.494 e. The predicted molar refractivity (Wildman–Crippen MR) is 88.0 cm³/mol. The van der Waals surface area contributed by atoms with Crippen molar-refractivity contribution in [1.82, 2.24) is 4.90 Å². The van der Waals surface area contributed by atoms with E-state index < -0.39 is 10.7 Å². The molecule has 0 atom stereocenters. The molecule has 0 aliphatic heterocycles. The minimum atomic E-state index is -0.517. The Hall–Kier alpha value is -3.16. The lowest BCUT2D eigenvalue weighted by atomic mass is 10.2. The zero-order chi connectivity index (χ0) is 18.4. The number of hydrogen-bond donors (Lipinski definition) is 0. The molecule has 0 N–H and O–H groups in total. The van der Waals surface area contributed by atoms with Gasteiger partial charge in [-0.3, -0.25) is 14.9 Å². The SMILES string of the molecule is COc1ccc(CN(C)C(=O)COc2ccc([N+](=O)[O-])cc2)cc1F. The van der Waals surface area contributed by atoms with Crippen LogP contribution in [0.3, 0.4) is 0 Å². The number of carbonyl (C=O) groups excluding carboxylic acids is 1. The van der Waals surface area contributed by atoms with Gasteiger partial charge in [0.05, 0.1) is 12.0 Å². The topological polar surface area (TPSA) is 81.9 Å².